The number of rotatable bonds is 7. The van der Waals surface area contributed by atoms with E-state index in [1.54, 1.807) is 55.2 Å². The van der Waals surface area contributed by atoms with E-state index in [-0.39, 0.29) is 18.1 Å². The van der Waals surface area contributed by atoms with Gasteiger partial charge in [-0.2, -0.15) is 8.78 Å². The average molecular weight is 417 g/mol. The summed E-state index contributed by atoms with van der Waals surface area (Å²) >= 11 is 0. The maximum Gasteiger partial charge on any atom is 0.387 e. The first-order chi connectivity index (χ1) is 14.5. The molecule has 0 saturated carbocycles. The van der Waals surface area contributed by atoms with Gasteiger partial charge in [0.05, 0.1) is 5.69 Å². The van der Waals surface area contributed by atoms with Crippen molar-refractivity contribution in [2.24, 2.45) is 4.99 Å². The number of hydrogen-bond acceptors (Lipinski definition) is 3. The fourth-order valence-corrected chi connectivity index (χ4v) is 2.93. The summed E-state index contributed by atoms with van der Waals surface area (Å²) in [6.07, 6.45) is 3.32. The standard InChI is InChI=1S/C21H22F3N5O/c1-14-26-9-10-29(14)18-8-7-15(11-17(18)22)12-27-21(25-2)28-13-16-5-3-4-6-19(16)30-20(23)24/h3-11,20H,12-13H2,1-2H3,(H2,25,27,28). The van der Waals surface area contributed by atoms with Crippen molar-refractivity contribution in [2.75, 3.05) is 7.05 Å². The van der Waals surface area contributed by atoms with E-state index in [1.165, 1.54) is 12.1 Å². The number of nitrogens with one attached hydrogen (secondary N) is 2. The second-order valence-electron chi connectivity index (χ2n) is 6.40. The van der Waals surface area contributed by atoms with Crippen LogP contribution in [0.3, 0.4) is 0 Å². The molecule has 0 atom stereocenters. The van der Waals surface area contributed by atoms with Crippen molar-refractivity contribution in [3.05, 3.63) is 77.6 Å². The number of para-hydroxylation sites is 1. The molecule has 0 amide bonds. The summed E-state index contributed by atoms with van der Waals surface area (Å²) in [6, 6.07) is 11.5. The lowest BCUT2D eigenvalue weighted by atomic mass is 10.2. The van der Waals surface area contributed by atoms with Crippen molar-refractivity contribution >= 4 is 5.96 Å². The van der Waals surface area contributed by atoms with Crippen LogP contribution in [0.1, 0.15) is 17.0 Å². The molecule has 0 aliphatic heterocycles. The van der Waals surface area contributed by atoms with Gasteiger partial charge < -0.3 is 19.9 Å². The number of ether oxygens (including phenoxy) is 1. The van der Waals surface area contributed by atoms with Gasteiger partial charge in [-0.1, -0.05) is 24.3 Å². The lowest BCUT2D eigenvalue weighted by molar-refractivity contribution is -0.0504. The number of alkyl halides is 2. The number of aliphatic imine (C=N–C) groups is 1. The zero-order valence-corrected chi connectivity index (χ0v) is 16.6. The number of aryl methyl sites for hydroxylation is 1. The molecule has 0 spiro atoms. The van der Waals surface area contributed by atoms with Crippen LogP contribution < -0.4 is 15.4 Å². The van der Waals surface area contributed by atoms with Crippen LogP contribution in [0.15, 0.2) is 59.9 Å². The maximum atomic E-state index is 14.5. The highest BCUT2D eigenvalue weighted by atomic mass is 19.3. The van der Waals surface area contributed by atoms with Crippen LogP contribution in [-0.2, 0) is 13.1 Å². The number of halogens is 3. The Balaban J connectivity index is 1.60. The second kappa shape index (κ2) is 9.82. The second-order valence-corrected chi connectivity index (χ2v) is 6.40. The van der Waals surface area contributed by atoms with Crippen molar-refractivity contribution in [1.29, 1.82) is 0 Å². The summed E-state index contributed by atoms with van der Waals surface area (Å²) < 4.78 is 45.8. The molecule has 0 unspecified atom stereocenters. The smallest absolute Gasteiger partial charge is 0.387 e. The molecule has 0 bridgehead atoms. The summed E-state index contributed by atoms with van der Waals surface area (Å²) in [5.41, 5.74) is 1.71. The molecule has 1 heterocycles. The number of hydrogen-bond donors (Lipinski definition) is 2. The fraction of sp³-hybridized carbons (Fsp3) is 0.238. The molecule has 0 aliphatic rings. The third kappa shape index (κ3) is 5.31. The molecule has 3 rings (SSSR count). The fourth-order valence-electron chi connectivity index (χ4n) is 2.93. The summed E-state index contributed by atoms with van der Waals surface area (Å²) in [5, 5.41) is 6.11. The third-order valence-electron chi connectivity index (χ3n) is 4.42. The molecule has 0 aliphatic carbocycles. The first-order valence-electron chi connectivity index (χ1n) is 9.24. The number of nitrogens with zero attached hydrogens (tertiary/aromatic N) is 3. The first kappa shape index (κ1) is 21.2. The molecular formula is C21H22F3N5O. The highest BCUT2D eigenvalue weighted by Gasteiger charge is 2.11. The van der Waals surface area contributed by atoms with Gasteiger partial charge in [-0.05, 0) is 30.7 Å². The lowest BCUT2D eigenvalue weighted by Gasteiger charge is -2.15. The van der Waals surface area contributed by atoms with E-state index in [4.69, 9.17) is 0 Å². The Morgan fingerprint density at radius 3 is 2.60 bits per heavy atom. The summed E-state index contributed by atoms with van der Waals surface area (Å²) in [5.74, 6) is 0.872. The van der Waals surface area contributed by atoms with Gasteiger partial charge in [-0.15, -0.1) is 0 Å². The molecule has 0 saturated heterocycles. The number of guanidine groups is 1. The monoisotopic (exact) mass is 417 g/mol. The van der Waals surface area contributed by atoms with E-state index in [0.29, 0.717) is 29.6 Å². The summed E-state index contributed by atoms with van der Waals surface area (Å²) in [4.78, 5) is 8.20. The molecule has 6 nitrogen and oxygen atoms in total. The Morgan fingerprint density at radius 1 is 1.17 bits per heavy atom. The Bertz CT molecular complexity index is 1020. The lowest BCUT2D eigenvalue weighted by Crippen LogP contribution is -2.36. The molecular weight excluding hydrogens is 395 g/mol. The number of aromatic nitrogens is 2. The minimum atomic E-state index is -2.90. The van der Waals surface area contributed by atoms with Crippen molar-refractivity contribution in [3.63, 3.8) is 0 Å². The first-order valence-corrected chi connectivity index (χ1v) is 9.24. The van der Waals surface area contributed by atoms with Crippen LogP contribution in [0.4, 0.5) is 13.2 Å². The third-order valence-corrected chi connectivity index (χ3v) is 4.42. The van der Waals surface area contributed by atoms with Gasteiger partial charge in [0, 0.05) is 38.1 Å². The van der Waals surface area contributed by atoms with Crippen LogP contribution in [0, 0.1) is 12.7 Å². The Hall–Kier alpha value is -3.49. The topological polar surface area (TPSA) is 63.5 Å². The van der Waals surface area contributed by atoms with Gasteiger partial charge in [0.1, 0.15) is 17.4 Å². The van der Waals surface area contributed by atoms with E-state index in [9.17, 15) is 13.2 Å². The van der Waals surface area contributed by atoms with Gasteiger partial charge in [0.25, 0.3) is 0 Å². The average Bonchev–Trinajstić information content (AvgIpc) is 3.14. The van der Waals surface area contributed by atoms with Crippen molar-refractivity contribution in [2.45, 2.75) is 26.6 Å². The molecule has 3 aromatic rings. The Kier molecular flexibility index (Phi) is 6.95. The number of imidazole rings is 1. The largest absolute Gasteiger partial charge is 0.434 e. The predicted molar refractivity (Wildman–Crippen MR) is 108 cm³/mol. The van der Waals surface area contributed by atoms with E-state index in [2.05, 4.69) is 25.3 Å². The normalized spacial score (nSPS) is 11.6. The molecule has 1 aromatic heterocycles. The highest BCUT2D eigenvalue weighted by molar-refractivity contribution is 5.79. The predicted octanol–water partition coefficient (Wildman–Crippen LogP) is 3.79. The summed E-state index contributed by atoms with van der Waals surface area (Å²) in [7, 11) is 1.59. The molecule has 2 N–H and O–H groups in total. The molecule has 2 aromatic carbocycles. The van der Waals surface area contributed by atoms with Crippen LogP contribution in [0.5, 0.6) is 5.75 Å². The highest BCUT2D eigenvalue weighted by Crippen LogP contribution is 2.20. The Labute approximate surface area is 172 Å². The molecule has 30 heavy (non-hydrogen) atoms. The Morgan fingerprint density at radius 2 is 1.93 bits per heavy atom. The van der Waals surface area contributed by atoms with Gasteiger partial charge in [0.2, 0.25) is 0 Å². The van der Waals surface area contributed by atoms with Gasteiger partial charge in [0.15, 0.2) is 5.96 Å². The van der Waals surface area contributed by atoms with Gasteiger partial charge >= 0.3 is 6.61 Å². The van der Waals surface area contributed by atoms with Crippen LogP contribution in [0.2, 0.25) is 0 Å². The number of benzene rings is 2. The minimum absolute atomic E-state index is 0.0999. The van der Waals surface area contributed by atoms with Crippen LogP contribution in [-0.4, -0.2) is 29.2 Å². The molecule has 0 radical (unpaired) electrons. The summed E-state index contributed by atoms with van der Waals surface area (Å²) in [6.45, 7) is -0.535. The molecule has 0 fully saturated rings. The van der Waals surface area contributed by atoms with Crippen molar-refractivity contribution in [1.82, 2.24) is 20.2 Å². The zero-order valence-electron chi connectivity index (χ0n) is 16.6. The minimum Gasteiger partial charge on any atom is -0.434 e. The van der Waals surface area contributed by atoms with Crippen molar-refractivity contribution in [3.8, 4) is 11.4 Å². The van der Waals surface area contributed by atoms with Crippen molar-refractivity contribution < 1.29 is 17.9 Å². The maximum absolute atomic E-state index is 14.5. The van der Waals surface area contributed by atoms with Gasteiger partial charge in [-0.3, -0.25) is 4.99 Å². The van der Waals surface area contributed by atoms with Gasteiger partial charge in [-0.25, -0.2) is 9.37 Å². The quantitative estimate of drug-likeness (QED) is 0.454. The van der Waals surface area contributed by atoms with E-state index < -0.39 is 6.61 Å². The SMILES string of the molecule is CN=C(NCc1ccc(-n2ccnc2C)c(F)c1)NCc1ccccc1OC(F)F. The zero-order chi connectivity index (χ0) is 21.5. The van der Waals surface area contributed by atoms with E-state index in [1.807, 2.05) is 6.07 Å². The molecule has 158 valence electrons. The van der Waals surface area contributed by atoms with E-state index >= 15 is 0 Å². The van der Waals surface area contributed by atoms with Crippen LogP contribution in [0.25, 0.3) is 5.69 Å². The molecule has 9 heteroatoms. The van der Waals surface area contributed by atoms with Crippen LogP contribution >= 0.6 is 0 Å². The van der Waals surface area contributed by atoms with E-state index in [0.717, 1.165) is 5.56 Å².